The van der Waals surface area contributed by atoms with Crippen molar-refractivity contribution in [1.82, 2.24) is 19.5 Å². The quantitative estimate of drug-likeness (QED) is 0.206. The van der Waals surface area contributed by atoms with Crippen LogP contribution in [0.25, 0.3) is 33.6 Å². The highest BCUT2D eigenvalue weighted by Crippen LogP contribution is 2.34. The lowest BCUT2D eigenvalue weighted by molar-refractivity contribution is -0.385. The van der Waals surface area contributed by atoms with Crippen molar-refractivity contribution in [2.75, 3.05) is 5.32 Å². The number of nitrogens with one attached hydrogen (secondary N) is 2. The van der Waals surface area contributed by atoms with Gasteiger partial charge >= 0.3 is 0 Å². The Bertz CT molecular complexity index is 1750. The van der Waals surface area contributed by atoms with E-state index >= 15 is 0 Å². The van der Waals surface area contributed by atoms with Gasteiger partial charge in [-0.1, -0.05) is 41.4 Å². The van der Waals surface area contributed by atoms with E-state index in [4.69, 9.17) is 23.2 Å². The molecule has 0 aliphatic heterocycles. The van der Waals surface area contributed by atoms with E-state index in [2.05, 4.69) is 20.3 Å². The first-order valence-electron chi connectivity index (χ1n) is 10.8. The van der Waals surface area contributed by atoms with Gasteiger partial charge in [-0.25, -0.2) is 9.97 Å². The summed E-state index contributed by atoms with van der Waals surface area (Å²) in [5.41, 5.74) is 2.73. The van der Waals surface area contributed by atoms with Crippen LogP contribution in [0.1, 0.15) is 18.3 Å². The number of aryl methyl sites for hydroxylation is 1. The van der Waals surface area contributed by atoms with E-state index in [1.807, 2.05) is 0 Å². The van der Waals surface area contributed by atoms with E-state index in [-0.39, 0.29) is 11.2 Å². The highest BCUT2D eigenvalue weighted by molar-refractivity contribution is 6.39. The first-order valence-corrected chi connectivity index (χ1v) is 11.5. The Balaban J connectivity index is 1.62. The maximum Gasteiger partial charge on any atom is 0.276 e. The summed E-state index contributed by atoms with van der Waals surface area (Å²) in [6, 6.07) is 15.0. The van der Waals surface area contributed by atoms with Gasteiger partial charge in [-0.2, -0.15) is 0 Å². The van der Waals surface area contributed by atoms with Gasteiger partial charge in [0.2, 0.25) is 5.95 Å². The molecule has 0 unspecified atom stereocenters. The Morgan fingerprint density at radius 1 is 1.06 bits per heavy atom. The second-order valence-corrected chi connectivity index (χ2v) is 8.92. The topological polar surface area (TPSA) is 119 Å². The number of rotatable bonds is 5. The Hall–Kier alpha value is -4.21. The third-order valence-electron chi connectivity index (χ3n) is 5.78. The van der Waals surface area contributed by atoms with Crippen molar-refractivity contribution in [1.29, 1.82) is 0 Å². The second-order valence-electron chi connectivity index (χ2n) is 8.10. The highest BCUT2D eigenvalue weighted by atomic mass is 35.5. The molecule has 3 aromatic carbocycles. The van der Waals surface area contributed by atoms with Gasteiger partial charge in [-0.3, -0.25) is 14.9 Å². The fourth-order valence-corrected chi connectivity index (χ4v) is 4.53. The lowest BCUT2D eigenvalue weighted by atomic mass is 10.1. The maximum absolute atomic E-state index is 13.2. The summed E-state index contributed by atoms with van der Waals surface area (Å²) in [4.78, 5) is 36.2. The number of benzene rings is 3. The van der Waals surface area contributed by atoms with Gasteiger partial charge in [0, 0.05) is 13.1 Å². The van der Waals surface area contributed by atoms with Crippen LogP contribution in [0.5, 0.6) is 0 Å². The number of hydrogen-bond acceptors (Lipinski definition) is 6. The largest absolute Gasteiger partial charge is 0.323 e. The molecule has 0 aliphatic rings. The van der Waals surface area contributed by atoms with Gasteiger partial charge in [0.25, 0.3) is 11.2 Å². The first kappa shape index (κ1) is 23.5. The van der Waals surface area contributed by atoms with Crippen LogP contribution in [0.15, 0.2) is 59.4 Å². The van der Waals surface area contributed by atoms with Crippen molar-refractivity contribution < 1.29 is 4.92 Å². The number of para-hydroxylation sites is 2. The molecule has 0 saturated carbocycles. The zero-order valence-electron chi connectivity index (χ0n) is 19.0. The molecule has 11 heteroatoms. The van der Waals surface area contributed by atoms with Crippen molar-refractivity contribution >= 4 is 74.1 Å². The number of fused-ring (bicyclic) bond motifs is 3. The highest BCUT2D eigenvalue weighted by Gasteiger charge is 2.18. The minimum Gasteiger partial charge on any atom is -0.323 e. The molecule has 36 heavy (non-hydrogen) atoms. The van der Waals surface area contributed by atoms with E-state index in [9.17, 15) is 14.9 Å². The second kappa shape index (κ2) is 9.10. The zero-order valence-corrected chi connectivity index (χ0v) is 20.6. The molecule has 0 atom stereocenters. The Morgan fingerprint density at radius 2 is 1.75 bits per heavy atom. The van der Waals surface area contributed by atoms with Crippen molar-refractivity contribution in [3.8, 4) is 0 Å². The number of aromatic nitrogens is 4. The summed E-state index contributed by atoms with van der Waals surface area (Å²) in [5, 5.41) is 15.7. The van der Waals surface area contributed by atoms with E-state index in [0.29, 0.717) is 60.6 Å². The van der Waals surface area contributed by atoms with Crippen molar-refractivity contribution in [2.24, 2.45) is 7.05 Å². The minimum atomic E-state index is -0.448. The number of allylic oxidation sites excluding steroid dienone is 1. The fourth-order valence-electron chi connectivity index (χ4n) is 4.03. The van der Waals surface area contributed by atoms with Crippen LogP contribution in [0, 0.1) is 10.1 Å². The van der Waals surface area contributed by atoms with Crippen LogP contribution in [-0.4, -0.2) is 24.4 Å². The monoisotopic (exact) mass is 520 g/mol. The van der Waals surface area contributed by atoms with Crippen LogP contribution < -0.4 is 10.9 Å². The van der Waals surface area contributed by atoms with E-state index in [0.717, 1.165) is 0 Å². The predicted molar refractivity (Wildman–Crippen MR) is 143 cm³/mol. The SMILES string of the molecule is C/C(=C\c1ccccc1[N+](=O)[O-])c1nc2ccc3nc(Nc4c(Cl)cccc4Cl)n(C)c3c2c(=O)[nH]1. The molecule has 2 N–H and O–H groups in total. The number of imidazole rings is 1. The third kappa shape index (κ3) is 4.08. The molecule has 0 amide bonds. The normalized spacial score (nSPS) is 11.8. The molecule has 0 fully saturated rings. The third-order valence-corrected chi connectivity index (χ3v) is 6.41. The number of aromatic amines is 1. The van der Waals surface area contributed by atoms with Gasteiger partial charge in [0.1, 0.15) is 5.82 Å². The minimum absolute atomic E-state index is 0.0322. The Labute approximate surface area is 214 Å². The number of nitro groups is 1. The summed E-state index contributed by atoms with van der Waals surface area (Å²) in [6.07, 6.45) is 1.63. The predicted octanol–water partition coefficient (Wildman–Crippen LogP) is 6.33. The van der Waals surface area contributed by atoms with Crippen molar-refractivity contribution in [3.63, 3.8) is 0 Å². The molecule has 2 aromatic heterocycles. The van der Waals surface area contributed by atoms with Crippen LogP contribution >= 0.6 is 23.2 Å². The number of hydrogen-bond donors (Lipinski definition) is 2. The summed E-state index contributed by atoms with van der Waals surface area (Å²) >= 11 is 12.6. The molecule has 0 bridgehead atoms. The van der Waals surface area contributed by atoms with Gasteiger partial charge in [0.05, 0.1) is 48.2 Å². The molecule has 180 valence electrons. The maximum atomic E-state index is 13.2. The van der Waals surface area contributed by atoms with Crippen LogP contribution in [-0.2, 0) is 7.05 Å². The average molecular weight is 521 g/mol. The zero-order chi connectivity index (χ0) is 25.6. The summed E-state index contributed by atoms with van der Waals surface area (Å²) < 4.78 is 1.74. The van der Waals surface area contributed by atoms with Crippen molar-refractivity contribution in [3.05, 3.63) is 96.5 Å². The standard InChI is InChI=1S/C25H18Cl2N6O3/c1-13(12-14-6-3-4-9-19(14)33(35)36)23-28-17-10-11-18-22(20(17)24(34)31-23)32(2)25(29-18)30-21-15(26)7-5-8-16(21)27/h3-12H,1-2H3,(H,29,30)(H,28,31,34)/b13-12+. The lowest BCUT2D eigenvalue weighted by Crippen LogP contribution is -2.12. The van der Waals surface area contributed by atoms with Gasteiger partial charge in [-0.15, -0.1) is 0 Å². The Kier molecular flexibility index (Phi) is 5.95. The fraction of sp³-hybridized carbons (Fsp3) is 0.0800. The summed E-state index contributed by atoms with van der Waals surface area (Å²) in [7, 11) is 1.77. The van der Waals surface area contributed by atoms with E-state index in [1.165, 1.54) is 6.07 Å². The molecular weight excluding hydrogens is 503 g/mol. The Morgan fingerprint density at radius 3 is 2.47 bits per heavy atom. The van der Waals surface area contributed by atoms with Crippen LogP contribution in [0.3, 0.4) is 0 Å². The first-order chi connectivity index (χ1) is 17.2. The van der Waals surface area contributed by atoms with Gasteiger partial charge < -0.3 is 14.9 Å². The molecular formula is C25H18Cl2N6O3. The van der Waals surface area contributed by atoms with Crippen LogP contribution in [0.4, 0.5) is 17.3 Å². The molecule has 9 nitrogen and oxygen atoms in total. The number of nitro benzene ring substituents is 1. The molecule has 0 saturated heterocycles. The molecule has 5 rings (SSSR count). The molecule has 2 heterocycles. The number of anilines is 2. The molecule has 5 aromatic rings. The summed E-state index contributed by atoms with van der Waals surface area (Å²) in [6.45, 7) is 1.73. The van der Waals surface area contributed by atoms with Gasteiger partial charge in [0.15, 0.2) is 0 Å². The van der Waals surface area contributed by atoms with Crippen LogP contribution in [0.2, 0.25) is 10.0 Å². The number of nitrogens with zero attached hydrogens (tertiary/aromatic N) is 4. The number of halogens is 2. The number of H-pyrrole nitrogens is 1. The lowest BCUT2D eigenvalue weighted by Gasteiger charge is -2.10. The van der Waals surface area contributed by atoms with E-state index in [1.54, 1.807) is 73.1 Å². The molecule has 0 aliphatic carbocycles. The van der Waals surface area contributed by atoms with E-state index < -0.39 is 4.92 Å². The summed E-state index contributed by atoms with van der Waals surface area (Å²) in [5.74, 6) is 0.761. The molecule has 0 radical (unpaired) electrons. The smallest absolute Gasteiger partial charge is 0.276 e. The van der Waals surface area contributed by atoms with Gasteiger partial charge in [-0.05, 0) is 48.9 Å². The average Bonchev–Trinajstić information content (AvgIpc) is 3.16. The molecule has 0 spiro atoms. The van der Waals surface area contributed by atoms with Crippen molar-refractivity contribution in [2.45, 2.75) is 6.92 Å².